The number of carbonyl (C=O) groups is 1. The highest BCUT2D eigenvalue weighted by atomic mass is 16.5. The van der Waals surface area contributed by atoms with Crippen molar-refractivity contribution in [1.29, 1.82) is 0 Å². The van der Waals surface area contributed by atoms with Gasteiger partial charge >= 0.3 is 0 Å². The third-order valence-electron chi connectivity index (χ3n) is 4.69. The molecule has 27 heavy (non-hydrogen) atoms. The third kappa shape index (κ3) is 5.26. The summed E-state index contributed by atoms with van der Waals surface area (Å²) in [6.07, 6.45) is 5.69. The summed E-state index contributed by atoms with van der Waals surface area (Å²) in [5, 5.41) is 7.48. The van der Waals surface area contributed by atoms with Gasteiger partial charge in [-0.05, 0) is 44.7 Å². The van der Waals surface area contributed by atoms with Crippen LogP contribution in [0.1, 0.15) is 35.9 Å². The van der Waals surface area contributed by atoms with E-state index in [-0.39, 0.29) is 5.91 Å². The summed E-state index contributed by atoms with van der Waals surface area (Å²) in [6, 6.07) is 3.65. The standard InChI is InChI=1S/C19H28N6O2/c1-3-27-11-10-25-17(12-15(2)23-25)18(26)22-13-16-6-4-9-24(14-16)19-20-7-5-8-21-19/h5,7-8,12,16H,3-4,6,9-11,13-14H2,1-2H3,(H,22,26)/t16-/m0/s1. The fourth-order valence-electron chi connectivity index (χ4n) is 3.39. The van der Waals surface area contributed by atoms with Crippen LogP contribution < -0.4 is 10.2 Å². The number of hydrogen-bond donors (Lipinski definition) is 1. The lowest BCUT2D eigenvalue weighted by Gasteiger charge is -2.32. The van der Waals surface area contributed by atoms with Crippen molar-refractivity contribution in [3.05, 3.63) is 35.9 Å². The van der Waals surface area contributed by atoms with Crippen LogP contribution in [0.2, 0.25) is 0 Å². The molecular formula is C19H28N6O2. The summed E-state index contributed by atoms with van der Waals surface area (Å²) in [5.74, 6) is 1.06. The number of piperidine rings is 1. The second-order valence-corrected chi connectivity index (χ2v) is 6.80. The zero-order chi connectivity index (χ0) is 19.1. The number of aryl methyl sites for hydroxylation is 1. The average Bonchev–Trinajstić information content (AvgIpc) is 3.08. The quantitative estimate of drug-likeness (QED) is 0.710. The van der Waals surface area contributed by atoms with E-state index in [0.29, 0.717) is 37.9 Å². The van der Waals surface area contributed by atoms with Crippen LogP contribution in [0.3, 0.4) is 0 Å². The van der Waals surface area contributed by atoms with E-state index < -0.39 is 0 Å². The largest absolute Gasteiger partial charge is 0.380 e. The zero-order valence-corrected chi connectivity index (χ0v) is 16.1. The molecule has 1 atom stereocenters. The Morgan fingerprint density at radius 2 is 2.19 bits per heavy atom. The second-order valence-electron chi connectivity index (χ2n) is 6.80. The van der Waals surface area contributed by atoms with Gasteiger partial charge in [0, 0.05) is 38.6 Å². The highest BCUT2D eigenvalue weighted by Gasteiger charge is 2.23. The molecular weight excluding hydrogens is 344 g/mol. The lowest BCUT2D eigenvalue weighted by Crippen LogP contribution is -2.42. The van der Waals surface area contributed by atoms with E-state index in [1.54, 1.807) is 17.1 Å². The van der Waals surface area contributed by atoms with Crippen LogP contribution in [0.5, 0.6) is 0 Å². The molecule has 2 aromatic heterocycles. The fourth-order valence-corrected chi connectivity index (χ4v) is 3.39. The van der Waals surface area contributed by atoms with Crippen molar-refractivity contribution in [1.82, 2.24) is 25.1 Å². The van der Waals surface area contributed by atoms with Crippen LogP contribution in [0, 0.1) is 12.8 Å². The molecule has 0 aliphatic carbocycles. The van der Waals surface area contributed by atoms with Crippen molar-refractivity contribution in [3.63, 3.8) is 0 Å². The highest BCUT2D eigenvalue weighted by Crippen LogP contribution is 2.19. The minimum Gasteiger partial charge on any atom is -0.380 e. The summed E-state index contributed by atoms with van der Waals surface area (Å²) < 4.78 is 7.11. The molecule has 0 bridgehead atoms. The first-order valence-corrected chi connectivity index (χ1v) is 9.59. The van der Waals surface area contributed by atoms with Crippen LogP contribution in [0.25, 0.3) is 0 Å². The lowest BCUT2D eigenvalue weighted by atomic mass is 9.98. The number of nitrogens with one attached hydrogen (secondary N) is 1. The predicted octanol–water partition coefficient (Wildman–Crippen LogP) is 1.66. The van der Waals surface area contributed by atoms with Gasteiger partial charge in [-0.2, -0.15) is 5.10 Å². The smallest absolute Gasteiger partial charge is 0.269 e. The van der Waals surface area contributed by atoms with Crippen LogP contribution in [-0.2, 0) is 11.3 Å². The van der Waals surface area contributed by atoms with Gasteiger partial charge in [-0.1, -0.05) is 0 Å². The first kappa shape index (κ1) is 19.3. The molecule has 0 radical (unpaired) electrons. The summed E-state index contributed by atoms with van der Waals surface area (Å²) in [5.41, 5.74) is 1.42. The van der Waals surface area contributed by atoms with Crippen molar-refractivity contribution in [2.24, 2.45) is 5.92 Å². The van der Waals surface area contributed by atoms with Crippen molar-refractivity contribution < 1.29 is 9.53 Å². The zero-order valence-electron chi connectivity index (χ0n) is 16.1. The first-order valence-electron chi connectivity index (χ1n) is 9.59. The van der Waals surface area contributed by atoms with Gasteiger partial charge in [-0.15, -0.1) is 0 Å². The van der Waals surface area contributed by atoms with E-state index >= 15 is 0 Å². The Balaban J connectivity index is 1.54. The van der Waals surface area contributed by atoms with Gasteiger partial charge in [0.05, 0.1) is 18.8 Å². The SMILES string of the molecule is CCOCCn1nc(C)cc1C(=O)NC[C@@H]1CCCN(c2ncccn2)C1. The number of aromatic nitrogens is 4. The molecule has 8 nitrogen and oxygen atoms in total. The Bertz CT molecular complexity index is 733. The third-order valence-corrected chi connectivity index (χ3v) is 4.69. The minimum atomic E-state index is -0.0832. The van der Waals surface area contributed by atoms with Gasteiger partial charge in [-0.25, -0.2) is 9.97 Å². The lowest BCUT2D eigenvalue weighted by molar-refractivity contribution is 0.0927. The normalized spacial score (nSPS) is 17.1. The van der Waals surface area contributed by atoms with Gasteiger partial charge in [-0.3, -0.25) is 9.48 Å². The number of amides is 1. The molecule has 1 aliphatic rings. The maximum absolute atomic E-state index is 12.7. The molecule has 0 aromatic carbocycles. The molecule has 146 valence electrons. The molecule has 0 saturated carbocycles. The van der Waals surface area contributed by atoms with Crippen molar-refractivity contribution in [3.8, 4) is 0 Å². The molecule has 0 unspecified atom stereocenters. The Morgan fingerprint density at radius 3 is 2.96 bits per heavy atom. The minimum absolute atomic E-state index is 0.0832. The Kier molecular flexibility index (Phi) is 6.75. The highest BCUT2D eigenvalue weighted by molar-refractivity contribution is 5.92. The molecule has 1 N–H and O–H groups in total. The number of rotatable bonds is 8. The number of ether oxygens (including phenoxy) is 1. The molecule has 1 saturated heterocycles. The summed E-state index contributed by atoms with van der Waals surface area (Å²) in [4.78, 5) is 23.5. The van der Waals surface area contributed by atoms with E-state index in [9.17, 15) is 4.79 Å². The Morgan fingerprint density at radius 1 is 1.37 bits per heavy atom. The first-order chi connectivity index (χ1) is 13.2. The van der Waals surface area contributed by atoms with E-state index in [1.165, 1.54) is 0 Å². The van der Waals surface area contributed by atoms with Gasteiger partial charge in [0.15, 0.2) is 0 Å². The van der Waals surface area contributed by atoms with Gasteiger partial charge in [0.2, 0.25) is 5.95 Å². The van der Waals surface area contributed by atoms with Crippen LogP contribution in [-0.4, -0.2) is 58.5 Å². The van der Waals surface area contributed by atoms with Crippen molar-refractivity contribution >= 4 is 11.9 Å². The van der Waals surface area contributed by atoms with E-state index in [0.717, 1.165) is 37.6 Å². The Labute approximate surface area is 159 Å². The maximum atomic E-state index is 12.7. The monoisotopic (exact) mass is 372 g/mol. The summed E-state index contributed by atoms with van der Waals surface area (Å²) >= 11 is 0. The Hall–Kier alpha value is -2.48. The summed E-state index contributed by atoms with van der Waals surface area (Å²) in [6.45, 7) is 8.08. The second kappa shape index (κ2) is 9.45. The number of nitrogens with zero attached hydrogens (tertiary/aromatic N) is 5. The predicted molar refractivity (Wildman–Crippen MR) is 103 cm³/mol. The van der Waals surface area contributed by atoms with E-state index in [4.69, 9.17) is 4.74 Å². The van der Waals surface area contributed by atoms with E-state index in [1.807, 2.05) is 26.0 Å². The van der Waals surface area contributed by atoms with Gasteiger partial charge in [0.1, 0.15) is 5.69 Å². The number of anilines is 1. The molecule has 8 heteroatoms. The van der Waals surface area contributed by atoms with Gasteiger partial charge in [0.25, 0.3) is 5.91 Å². The summed E-state index contributed by atoms with van der Waals surface area (Å²) in [7, 11) is 0. The van der Waals surface area contributed by atoms with Crippen LogP contribution in [0.4, 0.5) is 5.95 Å². The molecule has 1 fully saturated rings. The van der Waals surface area contributed by atoms with Crippen molar-refractivity contribution in [2.45, 2.75) is 33.2 Å². The molecule has 0 spiro atoms. The molecule has 2 aromatic rings. The van der Waals surface area contributed by atoms with Crippen LogP contribution >= 0.6 is 0 Å². The number of hydrogen-bond acceptors (Lipinski definition) is 6. The van der Waals surface area contributed by atoms with E-state index in [2.05, 4.69) is 25.3 Å². The molecule has 1 amide bonds. The molecule has 3 rings (SSSR count). The van der Waals surface area contributed by atoms with Gasteiger partial charge < -0.3 is 15.0 Å². The maximum Gasteiger partial charge on any atom is 0.269 e. The van der Waals surface area contributed by atoms with Crippen molar-refractivity contribution in [2.75, 3.05) is 37.7 Å². The topological polar surface area (TPSA) is 85.2 Å². The average molecular weight is 372 g/mol. The molecule has 3 heterocycles. The fraction of sp³-hybridized carbons (Fsp3) is 0.579. The van der Waals surface area contributed by atoms with Crippen LogP contribution in [0.15, 0.2) is 24.5 Å². The molecule has 1 aliphatic heterocycles. The number of carbonyl (C=O) groups excluding carboxylic acids is 1.